The molecule has 102 valence electrons. The van der Waals surface area contributed by atoms with E-state index in [1.54, 1.807) is 16.2 Å². The molecule has 2 rings (SSSR count). The van der Waals surface area contributed by atoms with E-state index in [1.165, 1.54) is 4.70 Å². The van der Waals surface area contributed by atoms with Crippen LogP contribution in [0.4, 0.5) is 0 Å². The van der Waals surface area contributed by atoms with Crippen LogP contribution in [0.15, 0.2) is 24.3 Å². The normalized spacial score (nSPS) is 11.2. The van der Waals surface area contributed by atoms with Crippen LogP contribution in [-0.2, 0) is 11.3 Å². The van der Waals surface area contributed by atoms with Crippen LogP contribution in [0, 0.1) is 5.92 Å². The van der Waals surface area contributed by atoms with Gasteiger partial charge >= 0.3 is 0 Å². The number of para-hydroxylation sites is 1. The topological polar surface area (TPSA) is 33.2 Å². The van der Waals surface area contributed by atoms with Crippen LogP contribution in [0.1, 0.15) is 31.7 Å². The van der Waals surface area contributed by atoms with Gasteiger partial charge in [-0.25, -0.2) is 4.98 Å². The summed E-state index contributed by atoms with van der Waals surface area (Å²) < 4.78 is 1.18. The molecule has 0 radical (unpaired) electrons. The van der Waals surface area contributed by atoms with Gasteiger partial charge in [-0.2, -0.15) is 0 Å². The van der Waals surface area contributed by atoms with Crippen molar-refractivity contribution in [2.75, 3.05) is 7.05 Å². The van der Waals surface area contributed by atoms with Gasteiger partial charge in [-0.1, -0.05) is 26.0 Å². The van der Waals surface area contributed by atoms with Gasteiger partial charge in [-0.15, -0.1) is 11.3 Å². The van der Waals surface area contributed by atoms with E-state index in [0.29, 0.717) is 18.9 Å². The molecule has 0 aliphatic heterocycles. The maximum Gasteiger partial charge on any atom is 0.222 e. The first-order valence-electron chi connectivity index (χ1n) is 6.64. The Morgan fingerprint density at radius 2 is 2.11 bits per heavy atom. The largest absolute Gasteiger partial charge is 0.339 e. The molecule has 1 aromatic carbocycles. The first-order valence-corrected chi connectivity index (χ1v) is 7.46. The summed E-state index contributed by atoms with van der Waals surface area (Å²) in [5.74, 6) is 0.771. The number of hydrogen-bond donors (Lipinski definition) is 0. The Kier molecular flexibility index (Phi) is 4.53. The number of thiazole rings is 1. The summed E-state index contributed by atoms with van der Waals surface area (Å²) in [6, 6.07) is 8.08. The molecule has 0 bridgehead atoms. The van der Waals surface area contributed by atoms with E-state index in [1.807, 2.05) is 25.2 Å². The molecule has 1 amide bonds. The monoisotopic (exact) mass is 276 g/mol. The maximum absolute atomic E-state index is 12.0. The molecular formula is C15H20N2OS. The molecule has 0 atom stereocenters. The highest BCUT2D eigenvalue weighted by molar-refractivity contribution is 7.18. The van der Waals surface area contributed by atoms with Crippen molar-refractivity contribution in [2.45, 2.75) is 33.2 Å². The first-order chi connectivity index (χ1) is 9.06. The zero-order valence-electron chi connectivity index (χ0n) is 11.7. The summed E-state index contributed by atoms with van der Waals surface area (Å²) in [5, 5.41) is 1.00. The molecule has 0 fully saturated rings. The predicted molar refractivity (Wildman–Crippen MR) is 80.2 cm³/mol. The Balaban J connectivity index is 1.98. The number of aromatic nitrogens is 1. The zero-order valence-corrected chi connectivity index (χ0v) is 12.5. The molecule has 0 saturated carbocycles. The van der Waals surface area contributed by atoms with Crippen molar-refractivity contribution >= 4 is 27.5 Å². The summed E-state index contributed by atoms with van der Waals surface area (Å²) in [7, 11) is 1.86. The molecule has 3 nitrogen and oxygen atoms in total. The Morgan fingerprint density at radius 3 is 2.79 bits per heavy atom. The fourth-order valence-corrected chi connectivity index (χ4v) is 2.90. The fraction of sp³-hybridized carbons (Fsp3) is 0.467. The highest BCUT2D eigenvalue weighted by Gasteiger charge is 2.12. The lowest BCUT2D eigenvalue weighted by Crippen LogP contribution is -2.26. The van der Waals surface area contributed by atoms with E-state index in [2.05, 4.69) is 24.9 Å². The number of rotatable bonds is 5. The number of carbonyl (C=O) groups is 1. The summed E-state index contributed by atoms with van der Waals surface area (Å²) in [5.41, 5.74) is 1.02. The van der Waals surface area contributed by atoms with Gasteiger partial charge in [0.1, 0.15) is 5.01 Å². The predicted octanol–water partition coefficient (Wildman–Crippen LogP) is 3.69. The van der Waals surface area contributed by atoms with Gasteiger partial charge in [0.15, 0.2) is 0 Å². The van der Waals surface area contributed by atoms with E-state index in [-0.39, 0.29) is 5.91 Å². The van der Waals surface area contributed by atoms with Crippen LogP contribution in [-0.4, -0.2) is 22.8 Å². The summed E-state index contributed by atoms with van der Waals surface area (Å²) >= 11 is 1.66. The molecule has 0 N–H and O–H groups in total. The second-order valence-electron chi connectivity index (χ2n) is 5.26. The molecule has 1 aromatic heterocycles. The third-order valence-electron chi connectivity index (χ3n) is 3.07. The lowest BCUT2D eigenvalue weighted by Gasteiger charge is -2.16. The third-order valence-corrected chi connectivity index (χ3v) is 4.09. The van der Waals surface area contributed by atoms with E-state index in [9.17, 15) is 4.79 Å². The molecule has 0 aliphatic carbocycles. The minimum atomic E-state index is 0.202. The Labute approximate surface area is 118 Å². The fourth-order valence-electron chi connectivity index (χ4n) is 1.88. The van der Waals surface area contributed by atoms with Gasteiger partial charge in [0.05, 0.1) is 16.8 Å². The summed E-state index contributed by atoms with van der Waals surface area (Å²) in [6.45, 7) is 4.89. The maximum atomic E-state index is 12.0. The lowest BCUT2D eigenvalue weighted by molar-refractivity contribution is -0.130. The summed E-state index contributed by atoms with van der Waals surface area (Å²) in [4.78, 5) is 18.3. The highest BCUT2D eigenvalue weighted by atomic mass is 32.1. The van der Waals surface area contributed by atoms with E-state index in [0.717, 1.165) is 16.9 Å². The van der Waals surface area contributed by atoms with Crippen LogP contribution in [0.5, 0.6) is 0 Å². The molecule has 0 aliphatic rings. The van der Waals surface area contributed by atoms with E-state index in [4.69, 9.17) is 0 Å². The van der Waals surface area contributed by atoms with Gasteiger partial charge in [0.2, 0.25) is 5.91 Å². The lowest BCUT2D eigenvalue weighted by atomic mass is 10.1. The number of benzene rings is 1. The van der Waals surface area contributed by atoms with Crippen molar-refractivity contribution in [3.05, 3.63) is 29.3 Å². The zero-order chi connectivity index (χ0) is 13.8. The average Bonchev–Trinajstić information content (AvgIpc) is 2.77. The van der Waals surface area contributed by atoms with Crippen molar-refractivity contribution in [1.82, 2.24) is 9.88 Å². The quantitative estimate of drug-likeness (QED) is 0.834. The van der Waals surface area contributed by atoms with Crippen molar-refractivity contribution in [3.63, 3.8) is 0 Å². The van der Waals surface area contributed by atoms with Crippen LogP contribution in [0.25, 0.3) is 10.2 Å². The van der Waals surface area contributed by atoms with E-state index >= 15 is 0 Å². The molecule has 19 heavy (non-hydrogen) atoms. The number of hydrogen-bond acceptors (Lipinski definition) is 3. The standard InChI is InChI=1S/C15H20N2OS/c1-11(2)8-9-15(18)17(3)10-14-16-12-6-4-5-7-13(12)19-14/h4-7,11H,8-10H2,1-3H3. The van der Waals surface area contributed by atoms with Crippen LogP contribution in [0.2, 0.25) is 0 Å². The molecule has 0 unspecified atom stereocenters. The van der Waals surface area contributed by atoms with Crippen molar-refractivity contribution in [1.29, 1.82) is 0 Å². The van der Waals surface area contributed by atoms with Crippen molar-refractivity contribution < 1.29 is 4.79 Å². The number of nitrogens with zero attached hydrogens (tertiary/aromatic N) is 2. The minimum Gasteiger partial charge on any atom is -0.339 e. The Hall–Kier alpha value is -1.42. The van der Waals surface area contributed by atoms with Crippen LogP contribution < -0.4 is 0 Å². The summed E-state index contributed by atoms with van der Waals surface area (Å²) in [6.07, 6.45) is 1.57. The van der Waals surface area contributed by atoms with Gasteiger partial charge in [-0.3, -0.25) is 4.79 Å². The minimum absolute atomic E-state index is 0.202. The molecule has 0 spiro atoms. The SMILES string of the molecule is CC(C)CCC(=O)N(C)Cc1nc2ccccc2s1. The second kappa shape index (κ2) is 6.15. The van der Waals surface area contributed by atoms with E-state index < -0.39 is 0 Å². The number of carbonyl (C=O) groups excluding carboxylic acids is 1. The van der Waals surface area contributed by atoms with Crippen molar-refractivity contribution in [3.8, 4) is 0 Å². The smallest absolute Gasteiger partial charge is 0.222 e. The highest BCUT2D eigenvalue weighted by Crippen LogP contribution is 2.22. The molecule has 0 saturated heterocycles. The molecule has 4 heteroatoms. The van der Waals surface area contributed by atoms with Gasteiger partial charge in [0.25, 0.3) is 0 Å². The van der Waals surface area contributed by atoms with Crippen molar-refractivity contribution in [2.24, 2.45) is 5.92 Å². The molecular weight excluding hydrogens is 256 g/mol. The Bertz CT molecular complexity index is 529. The second-order valence-corrected chi connectivity index (χ2v) is 6.37. The Morgan fingerprint density at radius 1 is 1.37 bits per heavy atom. The number of fused-ring (bicyclic) bond motifs is 1. The molecule has 1 heterocycles. The van der Waals surface area contributed by atoms with Crippen LogP contribution >= 0.6 is 11.3 Å². The number of amides is 1. The van der Waals surface area contributed by atoms with Gasteiger partial charge in [-0.05, 0) is 24.5 Å². The third kappa shape index (κ3) is 3.77. The molecule has 2 aromatic rings. The first kappa shape index (κ1) is 14.0. The van der Waals surface area contributed by atoms with Gasteiger partial charge < -0.3 is 4.90 Å². The van der Waals surface area contributed by atoms with Crippen LogP contribution in [0.3, 0.4) is 0 Å². The van der Waals surface area contributed by atoms with Gasteiger partial charge in [0, 0.05) is 13.5 Å². The average molecular weight is 276 g/mol.